The highest BCUT2D eigenvalue weighted by atomic mass is 16.3. The van der Waals surface area contributed by atoms with E-state index in [1.54, 1.807) is 12.1 Å². The monoisotopic (exact) mass is 670 g/mol. The summed E-state index contributed by atoms with van der Waals surface area (Å²) < 4.78 is 0. The maximum absolute atomic E-state index is 11.8. The van der Waals surface area contributed by atoms with Crippen LogP contribution in [0.1, 0.15) is 28.7 Å². The van der Waals surface area contributed by atoms with E-state index in [0.717, 1.165) is 55.9 Å². The fourth-order valence-electron chi connectivity index (χ4n) is 7.35. The average Bonchev–Trinajstić information content (AvgIpc) is 3.46. The molecule has 1 aliphatic carbocycles. The molecule has 0 spiro atoms. The zero-order chi connectivity index (χ0) is 35.5. The second-order valence-corrected chi connectivity index (χ2v) is 12.6. The Hall–Kier alpha value is -7.03. The van der Waals surface area contributed by atoms with Crippen LogP contribution < -0.4 is 4.90 Å². The van der Waals surface area contributed by atoms with Crippen LogP contribution in [0.25, 0.3) is 33.9 Å². The summed E-state index contributed by atoms with van der Waals surface area (Å²) in [5, 5.41) is 11.8. The summed E-state index contributed by atoms with van der Waals surface area (Å²) in [7, 11) is 0. The molecule has 2 aliphatic rings. The maximum Gasteiger partial charge on any atom is 0.238 e. The van der Waals surface area contributed by atoms with E-state index >= 15 is 0 Å². The van der Waals surface area contributed by atoms with Gasteiger partial charge in [0.1, 0.15) is 5.75 Å². The quantitative estimate of drug-likeness (QED) is 0.135. The van der Waals surface area contributed by atoms with Crippen molar-refractivity contribution in [3.05, 3.63) is 204 Å². The minimum atomic E-state index is -0.902. The normalized spacial score (nSPS) is 17.0. The highest BCUT2D eigenvalue weighted by Crippen LogP contribution is 2.59. The molecule has 0 saturated carbocycles. The summed E-state index contributed by atoms with van der Waals surface area (Å²) in [6.07, 6.45) is 17.9. The van der Waals surface area contributed by atoms with Crippen molar-refractivity contribution in [3.63, 3.8) is 0 Å². The number of hydrogen-bond acceptors (Lipinski definition) is 5. The van der Waals surface area contributed by atoms with Gasteiger partial charge in [0.05, 0.1) is 11.1 Å². The van der Waals surface area contributed by atoms with Crippen LogP contribution in [-0.4, -0.2) is 20.1 Å². The Bertz CT molecular complexity index is 2430. The Kier molecular flexibility index (Phi) is 8.48. The number of allylic oxidation sites excluding steroid dienone is 9. The molecule has 5 nitrogen and oxygen atoms in total. The lowest BCUT2D eigenvalue weighted by Crippen LogP contribution is -2.37. The lowest BCUT2D eigenvalue weighted by atomic mass is 9.70. The second kappa shape index (κ2) is 13.7. The number of aromatic hydroxyl groups is 1. The molecule has 1 aromatic heterocycles. The number of hydrogen-bond donors (Lipinski definition) is 1. The first-order valence-corrected chi connectivity index (χ1v) is 17.1. The largest absolute Gasteiger partial charge is 0.508 e. The number of phenols is 1. The molecule has 1 aliphatic heterocycles. The lowest BCUT2D eigenvalue weighted by Gasteiger charge is -2.40. The van der Waals surface area contributed by atoms with Gasteiger partial charge < -0.3 is 5.11 Å². The smallest absolute Gasteiger partial charge is 0.238 e. The average molecular weight is 671 g/mol. The molecule has 0 fully saturated rings. The number of aromatic nitrogens is 3. The van der Waals surface area contributed by atoms with Crippen molar-refractivity contribution in [1.82, 2.24) is 15.0 Å². The summed E-state index contributed by atoms with van der Waals surface area (Å²) in [6.45, 7) is 4.51. The summed E-state index contributed by atoms with van der Waals surface area (Å²) in [4.78, 5) is 17.7. The van der Waals surface area contributed by atoms with Crippen molar-refractivity contribution in [1.29, 1.82) is 0 Å². The maximum atomic E-state index is 11.8. The molecule has 5 aromatic carbocycles. The van der Waals surface area contributed by atoms with Gasteiger partial charge >= 0.3 is 0 Å². The van der Waals surface area contributed by atoms with E-state index in [9.17, 15) is 5.11 Å². The van der Waals surface area contributed by atoms with Crippen LogP contribution in [0.15, 0.2) is 182 Å². The molecule has 1 unspecified atom stereocenters. The van der Waals surface area contributed by atoms with Gasteiger partial charge in [-0.05, 0) is 41.3 Å². The Morgan fingerprint density at radius 3 is 1.94 bits per heavy atom. The summed E-state index contributed by atoms with van der Waals surface area (Å²) >= 11 is 0. The van der Waals surface area contributed by atoms with Gasteiger partial charge in [-0.25, -0.2) is 4.98 Å². The second-order valence-electron chi connectivity index (χ2n) is 12.6. The van der Waals surface area contributed by atoms with Gasteiger partial charge in [0.15, 0.2) is 11.6 Å². The molecule has 0 radical (unpaired) electrons. The molecule has 248 valence electrons. The minimum absolute atomic E-state index is 0.188. The minimum Gasteiger partial charge on any atom is -0.508 e. The van der Waals surface area contributed by atoms with Crippen LogP contribution in [0, 0.1) is 12.3 Å². The van der Waals surface area contributed by atoms with Gasteiger partial charge in [0.2, 0.25) is 5.95 Å². The van der Waals surface area contributed by atoms with E-state index < -0.39 is 5.41 Å². The Morgan fingerprint density at radius 2 is 1.27 bits per heavy atom. The SMILES string of the molecule is C#C/C=C\C=C/CC1(c2ccccc2O)C2=C(/C=C\C(=C)c3ccccc3N2c2nc(-c3ccccc3)nc(-c3ccccc3)n2)c2ccccc21. The van der Waals surface area contributed by atoms with E-state index in [0.29, 0.717) is 24.0 Å². The predicted octanol–water partition coefficient (Wildman–Crippen LogP) is 10.5. The molecule has 0 amide bonds. The number of para-hydroxylation sites is 2. The zero-order valence-electron chi connectivity index (χ0n) is 28.4. The zero-order valence-corrected chi connectivity index (χ0v) is 28.4. The Balaban J connectivity index is 1.51. The van der Waals surface area contributed by atoms with Gasteiger partial charge in [-0.15, -0.1) is 6.42 Å². The Labute approximate surface area is 304 Å². The van der Waals surface area contributed by atoms with Crippen molar-refractivity contribution in [2.75, 3.05) is 4.90 Å². The number of terminal acetylenes is 1. The predicted molar refractivity (Wildman–Crippen MR) is 211 cm³/mol. The van der Waals surface area contributed by atoms with Gasteiger partial charge in [0, 0.05) is 33.5 Å². The number of fused-ring (bicyclic) bond motifs is 3. The van der Waals surface area contributed by atoms with Crippen LogP contribution in [-0.2, 0) is 5.41 Å². The molecule has 1 atom stereocenters. The third-order valence-electron chi connectivity index (χ3n) is 9.62. The molecular weight excluding hydrogens is 637 g/mol. The van der Waals surface area contributed by atoms with Crippen molar-refractivity contribution in [2.24, 2.45) is 0 Å². The van der Waals surface area contributed by atoms with Gasteiger partial charge in [-0.1, -0.05) is 164 Å². The molecule has 52 heavy (non-hydrogen) atoms. The van der Waals surface area contributed by atoms with E-state index in [2.05, 4.69) is 72.0 Å². The first-order chi connectivity index (χ1) is 25.6. The number of nitrogens with zero attached hydrogens (tertiary/aromatic N) is 4. The third kappa shape index (κ3) is 5.53. The van der Waals surface area contributed by atoms with E-state index in [4.69, 9.17) is 21.4 Å². The summed E-state index contributed by atoms with van der Waals surface area (Å²) in [5.74, 6) is 4.30. The van der Waals surface area contributed by atoms with Crippen LogP contribution in [0.2, 0.25) is 0 Å². The van der Waals surface area contributed by atoms with Gasteiger partial charge in [-0.3, -0.25) is 4.90 Å². The van der Waals surface area contributed by atoms with E-state index in [1.807, 2.05) is 103 Å². The number of anilines is 2. The van der Waals surface area contributed by atoms with E-state index in [-0.39, 0.29) is 5.75 Å². The fraction of sp³-hybridized carbons (Fsp3) is 0.0426. The number of rotatable bonds is 7. The topological polar surface area (TPSA) is 62.1 Å². The van der Waals surface area contributed by atoms with Gasteiger partial charge in [0.25, 0.3) is 0 Å². The van der Waals surface area contributed by atoms with Gasteiger partial charge in [-0.2, -0.15) is 9.97 Å². The third-order valence-corrected chi connectivity index (χ3v) is 9.62. The van der Waals surface area contributed by atoms with Crippen molar-refractivity contribution < 1.29 is 5.11 Å². The molecule has 0 bridgehead atoms. The molecule has 5 heteroatoms. The van der Waals surface area contributed by atoms with Crippen molar-refractivity contribution in [2.45, 2.75) is 11.8 Å². The first kappa shape index (κ1) is 32.2. The molecule has 0 saturated heterocycles. The molecule has 8 rings (SSSR count). The summed E-state index contributed by atoms with van der Waals surface area (Å²) in [6, 6.07) is 44.2. The van der Waals surface area contributed by atoms with Crippen LogP contribution >= 0.6 is 0 Å². The molecule has 2 heterocycles. The molecule has 6 aromatic rings. The fourth-order valence-corrected chi connectivity index (χ4v) is 7.35. The molecule has 1 N–H and O–H groups in total. The van der Waals surface area contributed by atoms with Crippen molar-refractivity contribution in [3.8, 4) is 40.9 Å². The van der Waals surface area contributed by atoms with Crippen LogP contribution in [0.4, 0.5) is 11.6 Å². The number of phenolic OH excluding ortho intramolecular Hbond substituents is 1. The first-order valence-electron chi connectivity index (χ1n) is 17.1. The van der Waals surface area contributed by atoms with Crippen molar-refractivity contribution >= 4 is 22.8 Å². The van der Waals surface area contributed by atoms with Crippen LogP contribution in [0.5, 0.6) is 5.75 Å². The number of benzene rings is 5. The standard InChI is InChI=1S/C47H34N4O/c1-3-4-5-6-19-32-47(40-27-16-18-29-42(40)52)39-26-15-13-25-37(39)38-31-30-33(2)36-24-14-17-28-41(36)51(43(38)47)46-49-44(34-20-9-7-10-21-34)48-45(50-46)35-22-11-8-12-23-35/h1,4-31,52H,2,32H2/b5-4-,19-6-,31-30-. The Morgan fingerprint density at radius 1 is 0.673 bits per heavy atom. The summed E-state index contributed by atoms with van der Waals surface area (Å²) in [5.41, 5.74) is 8.21. The molecular formula is C47H34N4O. The van der Waals surface area contributed by atoms with Crippen LogP contribution in [0.3, 0.4) is 0 Å². The van der Waals surface area contributed by atoms with E-state index in [1.165, 1.54) is 0 Å². The highest BCUT2D eigenvalue weighted by molar-refractivity contribution is 5.98. The highest BCUT2D eigenvalue weighted by Gasteiger charge is 2.50. The lowest BCUT2D eigenvalue weighted by molar-refractivity contribution is 0.451.